The van der Waals surface area contributed by atoms with Crippen molar-refractivity contribution in [3.05, 3.63) is 65.0 Å². The number of anilines is 1. The van der Waals surface area contributed by atoms with Gasteiger partial charge >= 0.3 is 0 Å². The van der Waals surface area contributed by atoms with Crippen LogP contribution in [0.5, 0.6) is 0 Å². The van der Waals surface area contributed by atoms with Gasteiger partial charge in [0.05, 0.1) is 5.92 Å². The molecule has 0 fully saturated rings. The zero-order chi connectivity index (χ0) is 17.4. The summed E-state index contributed by atoms with van der Waals surface area (Å²) in [6.07, 6.45) is 0.451. The Bertz CT molecular complexity index is 819. The Kier molecular flexibility index (Phi) is 4.09. The van der Waals surface area contributed by atoms with Gasteiger partial charge in [-0.05, 0) is 49.6 Å². The van der Waals surface area contributed by atoms with E-state index in [9.17, 15) is 14.0 Å². The lowest BCUT2D eigenvalue weighted by atomic mass is 9.85. The van der Waals surface area contributed by atoms with Gasteiger partial charge in [-0.15, -0.1) is 0 Å². The second-order valence-electron chi connectivity index (χ2n) is 6.24. The third-order valence-corrected chi connectivity index (χ3v) is 4.57. The highest BCUT2D eigenvalue weighted by molar-refractivity contribution is 6.08. The van der Waals surface area contributed by atoms with Gasteiger partial charge in [0.15, 0.2) is 0 Å². The van der Waals surface area contributed by atoms with Crippen LogP contribution in [0.25, 0.3) is 0 Å². The summed E-state index contributed by atoms with van der Waals surface area (Å²) in [5, 5.41) is 0. The van der Waals surface area contributed by atoms with Crippen LogP contribution in [0.15, 0.2) is 42.5 Å². The van der Waals surface area contributed by atoms with Crippen molar-refractivity contribution in [1.82, 2.24) is 0 Å². The molecule has 0 bridgehead atoms. The van der Waals surface area contributed by atoms with Crippen LogP contribution in [0.1, 0.15) is 40.7 Å². The molecule has 0 saturated carbocycles. The summed E-state index contributed by atoms with van der Waals surface area (Å²) >= 11 is 0. The maximum absolute atomic E-state index is 13.8. The molecule has 2 amide bonds. The summed E-state index contributed by atoms with van der Waals surface area (Å²) in [6.45, 7) is 3.52. The standard InChI is InChI=1S/C19H19FN2O2/c1-11-7-8-13(10-16(11)20)19(24)22-12(2)9-15(18(21)23)14-5-3-4-6-17(14)22/h3-8,10,12,15H,9H2,1-2H3,(H2,21,23). The molecule has 2 aromatic carbocycles. The summed E-state index contributed by atoms with van der Waals surface area (Å²) in [5.41, 5.74) is 7.70. The van der Waals surface area contributed by atoms with Crippen molar-refractivity contribution in [3.8, 4) is 0 Å². The minimum absolute atomic E-state index is 0.214. The zero-order valence-electron chi connectivity index (χ0n) is 13.6. The molecule has 2 N–H and O–H groups in total. The van der Waals surface area contributed by atoms with E-state index in [2.05, 4.69) is 0 Å². The highest BCUT2D eigenvalue weighted by Crippen LogP contribution is 2.39. The average molecular weight is 326 g/mol. The smallest absolute Gasteiger partial charge is 0.258 e. The lowest BCUT2D eigenvalue weighted by Crippen LogP contribution is -2.45. The molecule has 124 valence electrons. The molecule has 2 aromatic rings. The number of aryl methyl sites for hydroxylation is 1. The first-order valence-corrected chi connectivity index (χ1v) is 7.88. The lowest BCUT2D eigenvalue weighted by Gasteiger charge is -2.38. The van der Waals surface area contributed by atoms with Gasteiger partial charge in [0, 0.05) is 17.3 Å². The van der Waals surface area contributed by atoms with Gasteiger partial charge in [0.25, 0.3) is 5.91 Å². The molecule has 0 aromatic heterocycles. The number of amides is 2. The number of benzene rings is 2. The fourth-order valence-electron chi connectivity index (χ4n) is 3.26. The molecular weight excluding hydrogens is 307 g/mol. The number of hydrogen-bond donors (Lipinski definition) is 1. The number of nitrogens with zero attached hydrogens (tertiary/aromatic N) is 1. The highest BCUT2D eigenvalue weighted by atomic mass is 19.1. The third-order valence-electron chi connectivity index (χ3n) is 4.57. The summed E-state index contributed by atoms with van der Waals surface area (Å²) < 4.78 is 13.8. The van der Waals surface area contributed by atoms with E-state index < -0.39 is 17.6 Å². The van der Waals surface area contributed by atoms with Gasteiger partial charge in [-0.3, -0.25) is 9.59 Å². The van der Waals surface area contributed by atoms with E-state index in [0.29, 0.717) is 17.7 Å². The van der Waals surface area contributed by atoms with E-state index in [1.54, 1.807) is 30.0 Å². The molecule has 4 nitrogen and oxygen atoms in total. The van der Waals surface area contributed by atoms with Crippen LogP contribution in [0, 0.1) is 12.7 Å². The van der Waals surface area contributed by atoms with Gasteiger partial charge in [-0.2, -0.15) is 0 Å². The monoisotopic (exact) mass is 326 g/mol. The second-order valence-corrected chi connectivity index (χ2v) is 6.24. The third kappa shape index (κ3) is 2.66. The fraction of sp³-hybridized carbons (Fsp3) is 0.263. The topological polar surface area (TPSA) is 63.4 Å². The maximum Gasteiger partial charge on any atom is 0.258 e. The number of nitrogens with two attached hydrogens (primary N) is 1. The van der Waals surface area contributed by atoms with Gasteiger partial charge in [-0.1, -0.05) is 24.3 Å². The SMILES string of the molecule is Cc1ccc(C(=O)N2c3ccccc3C(C(N)=O)CC2C)cc1F. The molecule has 0 aliphatic carbocycles. The molecule has 0 saturated heterocycles. The van der Waals surface area contributed by atoms with Crippen molar-refractivity contribution >= 4 is 17.5 Å². The number of primary amides is 1. The van der Waals surface area contributed by atoms with E-state index >= 15 is 0 Å². The molecule has 2 unspecified atom stereocenters. The summed E-state index contributed by atoms with van der Waals surface area (Å²) in [7, 11) is 0. The van der Waals surface area contributed by atoms with E-state index in [0.717, 1.165) is 5.56 Å². The Hall–Kier alpha value is -2.69. The second kappa shape index (κ2) is 6.07. The Morgan fingerprint density at radius 2 is 1.92 bits per heavy atom. The Morgan fingerprint density at radius 3 is 2.58 bits per heavy atom. The number of carbonyl (C=O) groups is 2. The number of carbonyl (C=O) groups excluding carboxylic acids is 2. The molecule has 5 heteroatoms. The van der Waals surface area contributed by atoms with Crippen molar-refractivity contribution in [3.63, 3.8) is 0 Å². The number of halogens is 1. The molecule has 0 spiro atoms. The highest BCUT2D eigenvalue weighted by Gasteiger charge is 2.36. The summed E-state index contributed by atoms with van der Waals surface area (Å²) in [6, 6.07) is 11.5. The van der Waals surface area contributed by atoms with Gasteiger partial charge < -0.3 is 10.6 Å². The minimum atomic E-state index is -0.421. The number of hydrogen-bond acceptors (Lipinski definition) is 2. The van der Waals surface area contributed by atoms with Gasteiger partial charge in [0.1, 0.15) is 5.82 Å². The van der Waals surface area contributed by atoms with Gasteiger partial charge in [0.2, 0.25) is 5.91 Å². The van der Waals surface area contributed by atoms with Crippen LogP contribution in [0.4, 0.5) is 10.1 Å². The van der Waals surface area contributed by atoms with Crippen molar-refractivity contribution in [2.45, 2.75) is 32.2 Å². The van der Waals surface area contributed by atoms with Crippen LogP contribution >= 0.6 is 0 Å². The van der Waals surface area contributed by atoms with E-state index in [-0.39, 0.29) is 17.5 Å². The van der Waals surface area contributed by atoms with Gasteiger partial charge in [-0.25, -0.2) is 4.39 Å². The first-order chi connectivity index (χ1) is 11.4. The maximum atomic E-state index is 13.8. The lowest BCUT2D eigenvalue weighted by molar-refractivity contribution is -0.119. The molecule has 2 atom stereocenters. The molecular formula is C19H19FN2O2. The summed E-state index contributed by atoms with van der Waals surface area (Å²) in [5.74, 6) is -1.51. The van der Waals surface area contributed by atoms with E-state index in [4.69, 9.17) is 5.73 Å². The van der Waals surface area contributed by atoms with Crippen LogP contribution in [-0.2, 0) is 4.79 Å². The van der Waals surface area contributed by atoms with Crippen molar-refractivity contribution in [1.29, 1.82) is 0 Å². The Morgan fingerprint density at radius 1 is 1.21 bits per heavy atom. The molecule has 0 radical (unpaired) electrons. The quantitative estimate of drug-likeness (QED) is 0.921. The Balaban J connectivity index is 2.06. The Labute approximate surface area is 140 Å². The number of rotatable bonds is 2. The molecule has 1 aliphatic heterocycles. The van der Waals surface area contributed by atoms with Crippen molar-refractivity contribution in [2.75, 3.05) is 4.90 Å². The molecule has 24 heavy (non-hydrogen) atoms. The summed E-state index contributed by atoms with van der Waals surface area (Å²) in [4.78, 5) is 26.3. The van der Waals surface area contributed by atoms with Crippen molar-refractivity contribution < 1.29 is 14.0 Å². The van der Waals surface area contributed by atoms with Crippen LogP contribution < -0.4 is 10.6 Å². The first-order valence-electron chi connectivity index (χ1n) is 7.88. The van der Waals surface area contributed by atoms with Crippen molar-refractivity contribution in [2.24, 2.45) is 5.73 Å². The van der Waals surface area contributed by atoms with Crippen LogP contribution in [0.2, 0.25) is 0 Å². The largest absolute Gasteiger partial charge is 0.369 e. The minimum Gasteiger partial charge on any atom is -0.369 e. The molecule has 3 rings (SSSR count). The van der Waals surface area contributed by atoms with Crippen LogP contribution in [-0.4, -0.2) is 17.9 Å². The molecule has 1 aliphatic rings. The van der Waals surface area contributed by atoms with E-state index in [1.165, 1.54) is 6.07 Å². The average Bonchev–Trinajstić information content (AvgIpc) is 2.56. The molecule has 1 heterocycles. The number of fused-ring (bicyclic) bond motifs is 1. The van der Waals surface area contributed by atoms with E-state index in [1.807, 2.05) is 25.1 Å². The number of para-hydroxylation sites is 1. The van der Waals surface area contributed by atoms with Crippen LogP contribution in [0.3, 0.4) is 0 Å². The fourth-order valence-corrected chi connectivity index (χ4v) is 3.26. The first kappa shape index (κ1) is 16.2. The normalized spacial score (nSPS) is 19.7. The zero-order valence-corrected chi connectivity index (χ0v) is 13.6. The predicted octanol–water partition coefficient (Wildman–Crippen LogP) is 3.14. The predicted molar refractivity (Wildman–Crippen MR) is 90.4 cm³/mol.